The number of anilines is 1. The Morgan fingerprint density at radius 1 is 1.11 bits per heavy atom. The second-order valence-electron chi connectivity index (χ2n) is 3.59. The molecule has 6 heteroatoms. The average Bonchev–Trinajstić information content (AvgIpc) is 2.81. The highest BCUT2D eigenvalue weighted by atomic mass is 19.4. The van der Waals surface area contributed by atoms with E-state index < -0.39 is 12.1 Å². The van der Waals surface area contributed by atoms with Crippen LogP contribution in [0.25, 0.3) is 5.69 Å². The van der Waals surface area contributed by atoms with E-state index in [0.29, 0.717) is 5.69 Å². The van der Waals surface area contributed by atoms with Crippen LogP contribution >= 0.6 is 0 Å². The Hall–Kier alpha value is -2.24. The number of hydrogen-bond donors (Lipinski definition) is 1. The van der Waals surface area contributed by atoms with Crippen molar-refractivity contribution in [2.75, 3.05) is 5.32 Å². The smallest absolute Gasteiger partial charge is 0.324 e. The number of hydrogen-bond acceptors (Lipinski definition) is 1. The van der Waals surface area contributed by atoms with Gasteiger partial charge in [-0.25, -0.2) is 0 Å². The fourth-order valence-corrected chi connectivity index (χ4v) is 1.45. The van der Waals surface area contributed by atoms with E-state index in [2.05, 4.69) is 0 Å². The van der Waals surface area contributed by atoms with E-state index in [1.54, 1.807) is 46.5 Å². The summed E-state index contributed by atoms with van der Waals surface area (Å²) in [7, 11) is 0. The van der Waals surface area contributed by atoms with E-state index in [0.717, 1.165) is 0 Å². The van der Waals surface area contributed by atoms with Crippen LogP contribution in [0, 0.1) is 0 Å². The molecule has 0 aliphatic carbocycles. The molecule has 1 amide bonds. The molecule has 1 aromatic heterocycles. The van der Waals surface area contributed by atoms with Crippen LogP contribution in [0.3, 0.4) is 0 Å². The second kappa shape index (κ2) is 4.56. The number of nitrogens with zero attached hydrogens (tertiary/aromatic N) is 1. The fourth-order valence-electron chi connectivity index (χ4n) is 1.45. The molecule has 0 saturated carbocycles. The van der Waals surface area contributed by atoms with E-state index in [9.17, 15) is 18.0 Å². The molecule has 0 unspecified atom stereocenters. The first-order chi connectivity index (χ1) is 8.47. The lowest BCUT2D eigenvalue weighted by atomic mass is 10.2. The van der Waals surface area contributed by atoms with Crippen LogP contribution in [-0.4, -0.2) is 16.7 Å². The maximum Gasteiger partial charge on any atom is 0.471 e. The maximum absolute atomic E-state index is 12.1. The monoisotopic (exact) mass is 254 g/mol. The summed E-state index contributed by atoms with van der Waals surface area (Å²) in [6, 6.07) is 9.74. The van der Waals surface area contributed by atoms with Gasteiger partial charge in [0.1, 0.15) is 0 Å². The summed E-state index contributed by atoms with van der Waals surface area (Å²) in [5, 5.41) is 1.81. The molecule has 0 aliphatic rings. The van der Waals surface area contributed by atoms with Gasteiger partial charge >= 0.3 is 12.1 Å². The minimum atomic E-state index is -4.89. The Bertz CT molecular complexity index is 547. The summed E-state index contributed by atoms with van der Waals surface area (Å²) in [5.74, 6) is -1.98. The van der Waals surface area contributed by atoms with Gasteiger partial charge in [-0.3, -0.25) is 4.79 Å². The van der Waals surface area contributed by atoms with Gasteiger partial charge in [0, 0.05) is 23.8 Å². The quantitative estimate of drug-likeness (QED) is 0.878. The molecule has 0 bridgehead atoms. The SMILES string of the molecule is O=C(Nc1cccc(-n2cccc2)c1)C(F)(F)F. The first-order valence-corrected chi connectivity index (χ1v) is 5.08. The Morgan fingerprint density at radius 3 is 2.39 bits per heavy atom. The first kappa shape index (κ1) is 12.2. The van der Waals surface area contributed by atoms with Gasteiger partial charge in [0.05, 0.1) is 0 Å². The molecule has 1 N–H and O–H groups in total. The summed E-state index contributed by atoms with van der Waals surface area (Å²) >= 11 is 0. The molecule has 3 nitrogen and oxygen atoms in total. The third-order valence-corrected chi connectivity index (χ3v) is 2.26. The van der Waals surface area contributed by atoms with E-state index in [4.69, 9.17) is 0 Å². The summed E-state index contributed by atoms with van der Waals surface area (Å²) in [5.41, 5.74) is 0.767. The van der Waals surface area contributed by atoms with Crippen LogP contribution in [0.1, 0.15) is 0 Å². The molecule has 0 spiro atoms. The van der Waals surface area contributed by atoms with Crippen LogP contribution in [0.2, 0.25) is 0 Å². The first-order valence-electron chi connectivity index (χ1n) is 5.08. The van der Waals surface area contributed by atoms with Crippen molar-refractivity contribution in [3.63, 3.8) is 0 Å². The van der Waals surface area contributed by atoms with Gasteiger partial charge in [-0.2, -0.15) is 13.2 Å². The zero-order chi connectivity index (χ0) is 13.2. The molecule has 0 radical (unpaired) electrons. The van der Waals surface area contributed by atoms with Crippen molar-refractivity contribution in [2.45, 2.75) is 6.18 Å². The highest BCUT2D eigenvalue weighted by Gasteiger charge is 2.38. The second-order valence-corrected chi connectivity index (χ2v) is 3.59. The van der Waals surface area contributed by atoms with Crippen molar-refractivity contribution in [3.8, 4) is 5.69 Å². The number of carbonyl (C=O) groups excluding carboxylic acids is 1. The topological polar surface area (TPSA) is 34.0 Å². The molecule has 0 saturated heterocycles. The van der Waals surface area contributed by atoms with Crippen LogP contribution in [0.5, 0.6) is 0 Å². The maximum atomic E-state index is 12.1. The highest BCUT2D eigenvalue weighted by molar-refractivity contribution is 5.95. The molecular formula is C12H9F3N2O. The molecule has 2 aromatic rings. The lowest BCUT2D eigenvalue weighted by Crippen LogP contribution is -2.29. The molecular weight excluding hydrogens is 245 g/mol. The van der Waals surface area contributed by atoms with Crippen LogP contribution in [0.4, 0.5) is 18.9 Å². The van der Waals surface area contributed by atoms with Crippen molar-refractivity contribution in [2.24, 2.45) is 0 Å². The predicted octanol–water partition coefficient (Wildman–Crippen LogP) is 2.98. The zero-order valence-corrected chi connectivity index (χ0v) is 9.11. The fraction of sp³-hybridized carbons (Fsp3) is 0.0833. The Labute approximate surface area is 101 Å². The van der Waals surface area contributed by atoms with E-state index in [1.165, 1.54) is 12.1 Å². The Balaban J connectivity index is 2.21. The molecule has 18 heavy (non-hydrogen) atoms. The van der Waals surface area contributed by atoms with E-state index in [1.807, 2.05) is 0 Å². The minimum Gasteiger partial charge on any atom is -0.324 e. The van der Waals surface area contributed by atoms with Gasteiger partial charge in [0.25, 0.3) is 0 Å². The van der Waals surface area contributed by atoms with Crippen LogP contribution in [0.15, 0.2) is 48.8 Å². The number of benzene rings is 1. The number of nitrogens with one attached hydrogen (secondary N) is 1. The number of amides is 1. The van der Waals surface area contributed by atoms with Gasteiger partial charge in [0.2, 0.25) is 0 Å². The van der Waals surface area contributed by atoms with Crippen LogP contribution in [-0.2, 0) is 4.79 Å². The van der Waals surface area contributed by atoms with Crippen molar-refractivity contribution in [1.29, 1.82) is 0 Å². The summed E-state index contributed by atoms with van der Waals surface area (Å²) in [6.07, 6.45) is -1.38. The number of aromatic nitrogens is 1. The Kier molecular flexibility index (Phi) is 3.10. The normalized spacial score (nSPS) is 11.3. The lowest BCUT2D eigenvalue weighted by molar-refractivity contribution is -0.167. The molecule has 0 aliphatic heterocycles. The van der Waals surface area contributed by atoms with E-state index in [-0.39, 0.29) is 5.69 Å². The number of carbonyl (C=O) groups is 1. The average molecular weight is 254 g/mol. The number of rotatable bonds is 2. The standard InChI is InChI=1S/C12H9F3N2O/c13-12(14,15)11(18)16-9-4-3-5-10(8-9)17-6-1-2-7-17/h1-8H,(H,16,18). The van der Waals surface area contributed by atoms with Crippen molar-refractivity contribution >= 4 is 11.6 Å². The van der Waals surface area contributed by atoms with Gasteiger partial charge in [0.15, 0.2) is 0 Å². The van der Waals surface area contributed by atoms with Gasteiger partial charge in [-0.15, -0.1) is 0 Å². The molecule has 2 rings (SSSR count). The van der Waals surface area contributed by atoms with Crippen molar-refractivity contribution in [1.82, 2.24) is 4.57 Å². The molecule has 0 fully saturated rings. The van der Waals surface area contributed by atoms with Crippen molar-refractivity contribution < 1.29 is 18.0 Å². The number of alkyl halides is 3. The minimum absolute atomic E-state index is 0.100. The van der Waals surface area contributed by atoms with Gasteiger partial charge < -0.3 is 9.88 Å². The largest absolute Gasteiger partial charge is 0.471 e. The van der Waals surface area contributed by atoms with Crippen molar-refractivity contribution in [3.05, 3.63) is 48.8 Å². The van der Waals surface area contributed by atoms with Gasteiger partial charge in [-0.05, 0) is 30.3 Å². The Morgan fingerprint density at radius 2 is 1.78 bits per heavy atom. The lowest BCUT2D eigenvalue weighted by Gasteiger charge is -2.09. The van der Waals surface area contributed by atoms with Gasteiger partial charge in [-0.1, -0.05) is 6.07 Å². The predicted molar refractivity (Wildman–Crippen MR) is 60.5 cm³/mol. The molecule has 0 atom stereocenters. The van der Waals surface area contributed by atoms with E-state index >= 15 is 0 Å². The third kappa shape index (κ3) is 2.71. The third-order valence-electron chi connectivity index (χ3n) is 2.26. The highest BCUT2D eigenvalue weighted by Crippen LogP contribution is 2.20. The molecule has 1 aromatic carbocycles. The number of halogens is 3. The van der Waals surface area contributed by atoms with Crippen LogP contribution < -0.4 is 5.32 Å². The summed E-state index contributed by atoms with van der Waals surface area (Å²) in [4.78, 5) is 10.8. The summed E-state index contributed by atoms with van der Waals surface area (Å²) in [6.45, 7) is 0. The zero-order valence-electron chi connectivity index (χ0n) is 9.11. The summed E-state index contributed by atoms with van der Waals surface area (Å²) < 4.78 is 38.0. The molecule has 1 heterocycles. The molecule has 94 valence electrons.